The van der Waals surface area contributed by atoms with Crippen molar-refractivity contribution in [3.05, 3.63) is 30.2 Å². The molecule has 4 rings (SSSR count). The summed E-state index contributed by atoms with van der Waals surface area (Å²) in [6, 6.07) is 3.23. The number of nitrogens with one attached hydrogen (secondary N) is 2. The summed E-state index contributed by atoms with van der Waals surface area (Å²) in [6.07, 6.45) is 9.64. The Labute approximate surface area is 166 Å². The molecule has 0 saturated heterocycles. The van der Waals surface area contributed by atoms with E-state index in [0.29, 0.717) is 22.1 Å². The number of aromatic nitrogens is 4. The molecular formula is C19H22N6O2S. The molecule has 28 heavy (non-hydrogen) atoms. The van der Waals surface area contributed by atoms with Crippen molar-refractivity contribution in [1.82, 2.24) is 25.3 Å². The Kier molecular flexibility index (Phi) is 5.61. The third kappa shape index (κ3) is 4.36. The molecular weight excluding hydrogens is 376 g/mol. The number of pyridine rings is 1. The molecule has 9 heteroatoms. The normalized spacial score (nSPS) is 14.8. The van der Waals surface area contributed by atoms with Gasteiger partial charge in [-0.25, -0.2) is 4.98 Å². The zero-order chi connectivity index (χ0) is 19.3. The van der Waals surface area contributed by atoms with Gasteiger partial charge in [0.2, 0.25) is 5.88 Å². The lowest BCUT2D eigenvalue weighted by Crippen LogP contribution is -2.18. The van der Waals surface area contributed by atoms with Crippen LogP contribution in [0.1, 0.15) is 42.6 Å². The standard InChI is InChI=1S/C19H22N6O2S/c1-20-17(26)14-9-13(7-8-21-14)27-15-11-22-16-18(24-15)28-19(25-16)23-10-12-5-3-2-4-6-12/h7-9,11-12H,2-6,10H2,1H3,(H,20,26)(H,22,23,25). The number of fused-ring (bicyclic) bond motifs is 1. The van der Waals surface area contributed by atoms with Crippen LogP contribution in [0.4, 0.5) is 5.13 Å². The second kappa shape index (κ2) is 8.47. The number of thiazole rings is 1. The topological polar surface area (TPSA) is 102 Å². The molecule has 1 fully saturated rings. The van der Waals surface area contributed by atoms with Gasteiger partial charge in [-0.15, -0.1) is 0 Å². The molecule has 0 bridgehead atoms. The van der Waals surface area contributed by atoms with Gasteiger partial charge in [0.15, 0.2) is 15.6 Å². The first kappa shape index (κ1) is 18.5. The molecule has 1 aliphatic carbocycles. The van der Waals surface area contributed by atoms with E-state index in [0.717, 1.165) is 17.6 Å². The summed E-state index contributed by atoms with van der Waals surface area (Å²) in [7, 11) is 1.56. The van der Waals surface area contributed by atoms with Crippen LogP contribution in [0.3, 0.4) is 0 Å². The fourth-order valence-corrected chi connectivity index (χ4v) is 4.10. The van der Waals surface area contributed by atoms with Crippen LogP contribution in [0.25, 0.3) is 10.5 Å². The minimum absolute atomic E-state index is 0.275. The number of carbonyl (C=O) groups excluding carboxylic acids is 1. The lowest BCUT2D eigenvalue weighted by molar-refractivity contribution is 0.0958. The second-order valence-electron chi connectivity index (χ2n) is 6.80. The lowest BCUT2D eigenvalue weighted by Gasteiger charge is -2.21. The van der Waals surface area contributed by atoms with Gasteiger partial charge in [0, 0.05) is 25.9 Å². The molecule has 3 aromatic rings. The first-order chi connectivity index (χ1) is 13.7. The molecule has 0 spiro atoms. The van der Waals surface area contributed by atoms with E-state index in [2.05, 4.69) is 30.6 Å². The summed E-state index contributed by atoms with van der Waals surface area (Å²) < 4.78 is 5.75. The Morgan fingerprint density at radius 2 is 2.11 bits per heavy atom. The predicted octanol–water partition coefficient (Wildman–Crippen LogP) is 3.63. The first-order valence-electron chi connectivity index (χ1n) is 9.44. The summed E-state index contributed by atoms with van der Waals surface area (Å²) in [5, 5.41) is 6.81. The SMILES string of the molecule is CNC(=O)c1cc(Oc2cnc3nc(NCC4CCCCC4)sc3n2)ccn1. The van der Waals surface area contributed by atoms with Gasteiger partial charge in [-0.1, -0.05) is 30.6 Å². The maximum atomic E-state index is 11.7. The number of ether oxygens (including phenoxy) is 1. The van der Waals surface area contributed by atoms with Crippen LogP contribution in [0.5, 0.6) is 11.6 Å². The van der Waals surface area contributed by atoms with Crippen molar-refractivity contribution in [3.8, 4) is 11.6 Å². The number of amides is 1. The molecule has 0 aliphatic heterocycles. The zero-order valence-corrected chi connectivity index (χ0v) is 16.5. The fourth-order valence-electron chi connectivity index (χ4n) is 3.30. The van der Waals surface area contributed by atoms with Crippen molar-refractivity contribution in [2.75, 3.05) is 18.9 Å². The average molecular weight is 398 g/mol. The molecule has 1 aliphatic rings. The average Bonchev–Trinajstić information content (AvgIpc) is 3.15. The van der Waals surface area contributed by atoms with Crippen LogP contribution in [-0.2, 0) is 0 Å². The third-order valence-corrected chi connectivity index (χ3v) is 5.68. The Morgan fingerprint density at radius 3 is 2.93 bits per heavy atom. The minimum Gasteiger partial charge on any atom is -0.437 e. The summed E-state index contributed by atoms with van der Waals surface area (Å²) >= 11 is 1.47. The second-order valence-corrected chi connectivity index (χ2v) is 7.78. The summed E-state index contributed by atoms with van der Waals surface area (Å²) in [5.41, 5.74) is 0.880. The van der Waals surface area contributed by atoms with Crippen molar-refractivity contribution < 1.29 is 9.53 Å². The molecule has 2 N–H and O–H groups in total. The molecule has 0 unspecified atom stereocenters. The van der Waals surface area contributed by atoms with Crippen LogP contribution >= 0.6 is 11.3 Å². The fraction of sp³-hybridized carbons (Fsp3) is 0.421. The van der Waals surface area contributed by atoms with E-state index in [4.69, 9.17) is 4.74 Å². The number of nitrogens with zero attached hydrogens (tertiary/aromatic N) is 4. The maximum Gasteiger partial charge on any atom is 0.269 e. The monoisotopic (exact) mass is 398 g/mol. The predicted molar refractivity (Wildman–Crippen MR) is 108 cm³/mol. The Hall–Kier alpha value is -2.81. The maximum absolute atomic E-state index is 11.7. The van der Waals surface area contributed by atoms with Crippen molar-refractivity contribution in [2.24, 2.45) is 5.92 Å². The van der Waals surface area contributed by atoms with Gasteiger partial charge in [0.1, 0.15) is 11.4 Å². The quantitative estimate of drug-likeness (QED) is 0.654. The van der Waals surface area contributed by atoms with E-state index in [1.54, 1.807) is 19.2 Å². The van der Waals surface area contributed by atoms with Gasteiger partial charge in [0.05, 0.1) is 6.20 Å². The van der Waals surface area contributed by atoms with Crippen LogP contribution in [0.2, 0.25) is 0 Å². The van der Waals surface area contributed by atoms with Gasteiger partial charge in [0.25, 0.3) is 5.91 Å². The van der Waals surface area contributed by atoms with E-state index in [1.165, 1.54) is 55.8 Å². The lowest BCUT2D eigenvalue weighted by atomic mass is 9.89. The van der Waals surface area contributed by atoms with E-state index < -0.39 is 0 Å². The van der Waals surface area contributed by atoms with Gasteiger partial charge < -0.3 is 15.4 Å². The highest BCUT2D eigenvalue weighted by Gasteiger charge is 2.15. The van der Waals surface area contributed by atoms with E-state index in [9.17, 15) is 4.79 Å². The number of hydrogen-bond acceptors (Lipinski definition) is 8. The van der Waals surface area contributed by atoms with Crippen molar-refractivity contribution in [3.63, 3.8) is 0 Å². The van der Waals surface area contributed by atoms with Gasteiger partial charge in [-0.3, -0.25) is 9.78 Å². The highest BCUT2D eigenvalue weighted by molar-refractivity contribution is 7.21. The summed E-state index contributed by atoms with van der Waals surface area (Å²) in [5.74, 6) is 1.27. The van der Waals surface area contributed by atoms with Crippen LogP contribution in [0, 0.1) is 5.92 Å². The molecule has 3 heterocycles. The summed E-state index contributed by atoms with van der Waals surface area (Å²) in [6.45, 7) is 0.947. The molecule has 0 atom stereocenters. The number of carbonyl (C=O) groups is 1. The molecule has 3 aromatic heterocycles. The Balaban J connectivity index is 1.45. The Bertz CT molecular complexity index is 970. The number of rotatable bonds is 6. The van der Waals surface area contributed by atoms with Gasteiger partial charge in [-0.2, -0.15) is 9.97 Å². The van der Waals surface area contributed by atoms with E-state index in [1.807, 2.05) is 0 Å². The highest BCUT2D eigenvalue weighted by atomic mass is 32.1. The van der Waals surface area contributed by atoms with Crippen molar-refractivity contribution >= 4 is 32.9 Å². The van der Waals surface area contributed by atoms with E-state index >= 15 is 0 Å². The molecule has 146 valence electrons. The number of anilines is 1. The van der Waals surface area contributed by atoms with E-state index in [-0.39, 0.29) is 11.6 Å². The number of hydrogen-bond donors (Lipinski definition) is 2. The third-order valence-electron chi connectivity index (χ3n) is 4.78. The zero-order valence-electron chi connectivity index (χ0n) is 15.6. The van der Waals surface area contributed by atoms with Crippen LogP contribution in [-0.4, -0.2) is 39.4 Å². The molecule has 1 amide bonds. The van der Waals surface area contributed by atoms with Crippen molar-refractivity contribution in [2.45, 2.75) is 32.1 Å². The highest BCUT2D eigenvalue weighted by Crippen LogP contribution is 2.28. The van der Waals surface area contributed by atoms with Crippen molar-refractivity contribution in [1.29, 1.82) is 0 Å². The molecule has 1 saturated carbocycles. The largest absolute Gasteiger partial charge is 0.437 e. The van der Waals surface area contributed by atoms with Crippen LogP contribution < -0.4 is 15.4 Å². The van der Waals surface area contributed by atoms with Gasteiger partial charge in [-0.05, 0) is 24.8 Å². The van der Waals surface area contributed by atoms with Crippen LogP contribution in [0.15, 0.2) is 24.5 Å². The molecule has 0 aromatic carbocycles. The Morgan fingerprint density at radius 1 is 1.25 bits per heavy atom. The minimum atomic E-state index is -0.275. The van der Waals surface area contributed by atoms with Gasteiger partial charge >= 0.3 is 0 Å². The smallest absolute Gasteiger partial charge is 0.269 e. The molecule has 8 nitrogen and oxygen atoms in total. The molecule has 0 radical (unpaired) electrons. The first-order valence-corrected chi connectivity index (χ1v) is 10.3. The summed E-state index contributed by atoms with van der Waals surface area (Å²) in [4.78, 5) is 29.8.